The van der Waals surface area contributed by atoms with E-state index in [2.05, 4.69) is 15.5 Å². The van der Waals surface area contributed by atoms with Gasteiger partial charge >= 0.3 is 17.9 Å². The lowest BCUT2D eigenvalue weighted by Gasteiger charge is -2.37. The first kappa shape index (κ1) is 33.4. The molecular formula is C27H44N6O6S. The fourth-order valence-electron chi connectivity index (χ4n) is 4.73. The lowest BCUT2D eigenvalue weighted by molar-refractivity contribution is -0.141. The average Bonchev–Trinajstić information content (AvgIpc) is 2.85. The number of carboxylic acid groups (broad SMARTS) is 3. The van der Waals surface area contributed by atoms with Crippen LogP contribution in [0.5, 0.6) is 0 Å². The first-order chi connectivity index (χ1) is 18.9. The van der Waals surface area contributed by atoms with Crippen LogP contribution in [-0.4, -0.2) is 142 Å². The summed E-state index contributed by atoms with van der Waals surface area (Å²) in [7, 11) is 0. The first-order valence-corrected chi connectivity index (χ1v) is 14.1. The van der Waals surface area contributed by atoms with Crippen LogP contribution in [0, 0.1) is 0 Å². The number of nitrogens with one attached hydrogen (secondary N) is 2. The van der Waals surface area contributed by atoms with Crippen molar-refractivity contribution in [3.63, 3.8) is 0 Å². The zero-order valence-electron chi connectivity index (χ0n) is 23.7. The summed E-state index contributed by atoms with van der Waals surface area (Å²) in [5.74, 6) is -2.85. The van der Waals surface area contributed by atoms with E-state index in [-0.39, 0.29) is 31.7 Å². The fraction of sp³-hybridized carbons (Fsp3) is 0.630. The van der Waals surface area contributed by atoms with Crippen molar-refractivity contribution in [2.24, 2.45) is 0 Å². The van der Waals surface area contributed by atoms with E-state index >= 15 is 0 Å². The number of anilines is 1. The Kier molecular flexibility index (Phi) is 14.2. The Morgan fingerprint density at radius 1 is 0.850 bits per heavy atom. The number of rotatable bonds is 11. The molecule has 0 bridgehead atoms. The SMILES string of the molecule is CCN1CCN(CC(=O)O)CCN(CC(=O)O)CCN(CC(=O)O)C(Cc2ccc(NC(=S)NC(C)C)cc2)C1. The van der Waals surface area contributed by atoms with Gasteiger partial charge in [0.1, 0.15) is 0 Å². The second-order valence-corrected chi connectivity index (χ2v) is 10.8. The van der Waals surface area contributed by atoms with Crippen LogP contribution in [0.1, 0.15) is 26.3 Å². The maximum Gasteiger partial charge on any atom is 0.317 e. The second kappa shape index (κ2) is 17.1. The summed E-state index contributed by atoms with van der Waals surface area (Å²) in [6.07, 6.45) is 0.594. The normalized spacial score (nSPS) is 18.9. The molecule has 1 aliphatic heterocycles. The molecule has 0 aromatic heterocycles. The van der Waals surface area contributed by atoms with Gasteiger partial charge in [-0.05, 0) is 56.7 Å². The van der Waals surface area contributed by atoms with Crippen LogP contribution in [0.2, 0.25) is 0 Å². The third-order valence-electron chi connectivity index (χ3n) is 6.76. The van der Waals surface area contributed by atoms with E-state index in [1.807, 2.05) is 54.8 Å². The number of likely N-dealkylation sites (N-methyl/N-ethyl adjacent to an activating group) is 1. The molecule has 1 unspecified atom stereocenters. The largest absolute Gasteiger partial charge is 0.480 e. The predicted octanol–water partition coefficient (Wildman–Crippen LogP) is 0.788. The van der Waals surface area contributed by atoms with Crippen molar-refractivity contribution < 1.29 is 29.7 Å². The lowest BCUT2D eigenvalue weighted by Crippen LogP contribution is -2.52. The van der Waals surface area contributed by atoms with E-state index in [9.17, 15) is 29.7 Å². The number of benzene rings is 1. The molecule has 1 atom stereocenters. The highest BCUT2D eigenvalue weighted by molar-refractivity contribution is 7.80. The smallest absolute Gasteiger partial charge is 0.317 e. The van der Waals surface area contributed by atoms with Crippen LogP contribution in [0.4, 0.5) is 5.69 Å². The molecule has 0 spiro atoms. The Morgan fingerprint density at radius 2 is 1.35 bits per heavy atom. The summed E-state index contributed by atoms with van der Waals surface area (Å²) < 4.78 is 0. The summed E-state index contributed by atoms with van der Waals surface area (Å²) in [4.78, 5) is 42.5. The summed E-state index contributed by atoms with van der Waals surface area (Å²) in [5, 5.41) is 35.4. The van der Waals surface area contributed by atoms with Gasteiger partial charge in [0, 0.05) is 63.6 Å². The van der Waals surface area contributed by atoms with Crippen LogP contribution < -0.4 is 10.6 Å². The average molecular weight is 581 g/mol. The zero-order valence-corrected chi connectivity index (χ0v) is 24.5. The maximum atomic E-state index is 11.9. The minimum Gasteiger partial charge on any atom is -0.480 e. The minimum atomic E-state index is -0.979. The van der Waals surface area contributed by atoms with E-state index < -0.39 is 17.9 Å². The van der Waals surface area contributed by atoms with Crippen LogP contribution in [-0.2, 0) is 20.8 Å². The van der Waals surface area contributed by atoms with Gasteiger partial charge in [0.25, 0.3) is 0 Å². The van der Waals surface area contributed by atoms with Crippen molar-refractivity contribution in [1.82, 2.24) is 24.9 Å². The number of aliphatic carboxylic acids is 3. The van der Waals surface area contributed by atoms with Gasteiger partial charge in [0.15, 0.2) is 5.11 Å². The van der Waals surface area contributed by atoms with Crippen LogP contribution >= 0.6 is 12.2 Å². The molecule has 5 N–H and O–H groups in total. The molecule has 1 heterocycles. The Labute approximate surface area is 241 Å². The Morgan fingerprint density at radius 3 is 1.82 bits per heavy atom. The number of hydrogen-bond donors (Lipinski definition) is 5. The number of thiocarbonyl (C=S) groups is 1. The number of nitrogens with zero attached hydrogens (tertiary/aromatic N) is 4. The maximum absolute atomic E-state index is 11.9. The highest BCUT2D eigenvalue weighted by Gasteiger charge is 2.26. The van der Waals surface area contributed by atoms with E-state index in [1.54, 1.807) is 4.90 Å². The Bertz CT molecular complexity index is 979. The molecule has 1 aromatic carbocycles. The summed E-state index contributed by atoms with van der Waals surface area (Å²) in [6.45, 7) is 9.52. The summed E-state index contributed by atoms with van der Waals surface area (Å²) in [5.41, 5.74) is 1.88. The molecule has 1 aromatic rings. The third kappa shape index (κ3) is 13.0. The van der Waals surface area contributed by atoms with Gasteiger partial charge in [-0.3, -0.25) is 29.1 Å². The fourth-order valence-corrected chi connectivity index (χ4v) is 5.09. The van der Waals surface area contributed by atoms with Gasteiger partial charge in [0.2, 0.25) is 0 Å². The second-order valence-electron chi connectivity index (χ2n) is 10.4. The van der Waals surface area contributed by atoms with Gasteiger partial charge in [-0.25, -0.2) is 0 Å². The molecule has 0 aliphatic carbocycles. The van der Waals surface area contributed by atoms with Crippen molar-refractivity contribution in [3.05, 3.63) is 29.8 Å². The van der Waals surface area contributed by atoms with Crippen molar-refractivity contribution in [1.29, 1.82) is 0 Å². The van der Waals surface area contributed by atoms with Crippen LogP contribution in [0.25, 0.3) is 0 Å². The van der Waals surface area contributed by atoms with Gasteiger partial charge in [-0.15, -0.1) is 0 Å². The van der Waals surface area contributed by atoms with Crippen molar-refractivity contribution in [2.45, 2.75) is 39.3 Å². The van der Waals surface area contributed by atoms with Crippen molar-refractivity contribution in [2.75, 3.05) is 77.3 Å². The molecule has 40 heavy (non-hydrogen) atoms. The predicted molar refractivity (Wildman–Crippen MR) is 158 cm³/mol. The topological polar surface area (TPSA) is 149 Å². The van der Waals surface area contributed by atoms with Gasteiger partial charge in [-0.1, -0.05) is 19.1 Å². The molecule has 1 fully saturated rings. The van der Waals surface area contributed by atoms with E-state index in [1.165, 1.54) is 0 Å². The van der Waals surface area contributed by atoms with Crippen LogP contribution in [0.15, 0.2) is 24.3 Å². The molecule has 0 saturated carbocycles. The molecular weight excluding hydrogens is 536 g/mol. The zero-order chi connectivity index (χ0) is 29.7. The Balaban J connectivity index is 2.29. The molecule has 12 nitrogen and oxygen atoms in total. The molecule has 1 saturated heterocycles. The van der Waals surface area contributed by atoms with E-state index in [4.69, 9.17) is 12.2 Å². The van der Waals surface area contributed by atoms with Gasteiger partial charge in [-0.2, -0.15) is 0 Å². The van der Waals surface area contributed by atoms with Crippen LogP contribution in [0.3, 0.4) is 0 Å². The highest BCUT2D eigenvalue weighted by atomic mass is 32.1. The quantitative estimate of drug-likeness (QED) is 0.235. The number of carboxylic acids is 3. The molecule has 1 aliphatic rings. The van der Waals surface area contributed by atoms with Crippen molar-refractivity contribution >= 4 is 40.9 Å². The number of hydrogen-bond acceptors (Lipinski definition) is 8. The summed E-state index contributed by atoms with van der Waals surface area (Å²) >= 11 is 5.33. The molecule has 224 valence electrons. The third-order valence-corrected chi connectivity index (χ3v) is 6.98. The molecule has 0 radical (unpaired) electrons. The lowest BCUT2D eigenvalue weighted by atomic mass is 10.0. The first-order valence-electron chi connectivity index (χ1n) is 13.7. The monoisotopic (exact) mass is 580 g/mol. The standard InChI is InChI=1S/C27H44N6O6S/c1-4-30-9-10-31(17-24(34)35)11-12-32(18-25(36)37)13-14-33(19-26(38)39)23(16-30)15-21-5-7-22(8-6-21)29-27(40)28-20(2)3/h5-8,20,23H,4,9-19H2,1-3H3,(H,34,35)(H,36,37)(H,38,39)(H2,28,29,40). The van der Waals surface area contributed by atoms with Gasteiger partial charge < -0.3 is 30.9 Å². The minimum absolute atomic E-state index is 0.121. The summed E-state index contributed by atoms with van der Waals surface area (Å²) in [6, 6.07) is 7.93. The molecule has 2 rings (SSSR count). The van der Waals surface area contributed by atoms with E-state index in [0.29, 0.717) is 57.3 Å². The van der Waals surface area contributed by atoms with Crippen molar-refractivity contribution in [3.8, 4) is 0 Å². The molecule has 13 heteroatoms. The Hall–Kier alpha value is -2.84. The molecule has 0 amide bonds. The van der Waals surface area contributed by atoms with E-state index in [0.717, 1.165) is 17.8 Å². The van der Waals surface area contributed by atoms with Gasteiger partial charge in [0.05, 0.1) is 19.6 Å². The number of carbonyl (C=O) groups is 3. The highest BCUT2D eigenvalue weighted by Crippen LogP contribution is 2.16.